The number of benzene rings is 2. The van der Waals surface area contributed by atoms with Crippen molar-refractivity contribution in [3.63, 3.8) is 0 Å². The lowest BCUT2D eigenvalue weighted by Gasteiger charge is -2.23. The van der Waals surface area contributed by atoms with Gasteiger partial charge in [-0.2, -0.15) is 0 Å². The molecule has 0 saturated carbocycles. The molecule has 2 aromatic carbocycles. The first-order valence-electron chi connectivity index (χ1n) is 9.75. The minimum absolute atomic E-state index is 0.196. The molecule has 1 aliphatic rings. The van der Waals surface area contributed by atoms with E-state index in [4.69, 9.17) is 0 Å². The van der Waals surface area contributed by atoms with E-state index in [0.717, 1.165) is 19.4 Å². The lowest BCUT2D eigenvalue weighted by Crippen LogP contribution is -2.32. The van der Waals surface area contributed by atoms with Crippen LogP contribution in [0.3, 0.4) is 0 Å². The highest BCUT2D eigenvalue weighted by atomic mass is 16.2. The van der Waals surface area contributed by atoms with Crippen LogP contribution in [0, 0.1) is 0 Å². The van der Waals surface area contributed by atoms with Crippen LogP contribution in [0.1, 0.15) is 39.1 Å². The molecule has 2 amide bonds. The standard InChI is InChI=1S/C23H22N4O2/c28-21-19-11-4-5-12-20(19)22(29)27(21)16-7-6-15-26(23-24-13-8-14-25-23)17-18-9-2-1-3-10-18/h1-5,8-14H,6-7,15-17H2. The Balaban J connectivity index is 1.36. The van der Waals surface area contributed by atoms with Gasteiger partial charge in [0.15, 0.2) is 0 Å². The van der Waals surface area contributed by atoms with Gasteiger partial charge in [-0.15, -0.1) is 0 Å². The summed E-state index contributed by atoms with van der Waals surface area (Å²) in [7, 11) is 0. The van der Waals surface area contributed by atoms with Crippen LogP contribution in [0.15, 0.2) is 73.1 Å². The highest BCUT2D eigenvalue weighted by Crippen LogP contribution is 2.23. The first kappa shape index (κ1) is 18.8. The number of amides is 2. The fourth-order valence-corrected chi connectivity index (χ4v) is 3.52. The third-order valence-corrected chi connectivity index (χ3v) is 4.99. The average Bonchev–Trinajstić information content (AvgIpc) is 3.02. The second-order valence-corrected chi connectivity index (χ2v) is 6.97. The van der Waals surface area contributed by atoms with Gasteiger partial charge < -0.3 is 4.90 Å². The number of carbonyl (C=O) groups excluding carboxylic acids is 2. The van der Waals surface area contributed by atoms with Crippen LogP contribution in [0.25, 0.3) is 0 Å². The zero-order valence-electron chi connectivity index (χ0n) is 16.1. The molecule has 3 aromatic rings. The molecule has 0 spiro atoms. The van der Waals surface area contributed by atoms with E-state index in [1.807, 2.05) is 18.2 Å². The predicted octanol–water partition coefficient (Wildman–Crippen LogP) is 3.56. The number of unbranched alkanes of at least 4 members (excludes halogenated alkanes) is 1. The molecule has 0 atom stereocenters. The number of rotatable bonds is 8. The predicted molar refractivity (Wildman–Crippen MR) is 111 cm³/mol. The summed E-state index contributed by atoms with van der Waals surface area (Å²) < 4.78 is 0. The summed E-state index contributed by atoms with van der Waals surface area (Å²) in [5.41, 5.74) is 2.18. The maximum atomic E-state index is 12.5. The molecule has 4 rings (SSSR count). The summed E-state index contributed by atoms with van der Waals surface area (Å²) in [4.78, 5) is 37.2. The van der Waals surface area contributed by atoms with Crippen LogP contribution < -0.4 is 4.90 Å². The minimum Gasteiger partial charge on any atom is -0.337 e. The molecule has 2 heterocycles. The monoisotopic (exact) mass is 386 g/mol. The second kappa shape index (κ2) is 8.65. The van der Waals surface area contributed by atoms with E-state index < -0.39 is 0 Å². The van der Waals surface area contributed by atoms with E-state index in [9.17, 15) is 9.59 Å². The summed E-state index contributed by atoms with van der Waals surface area (Å²) in [5, 5.41) is 0. The van der Waals surface area contributed by atoms with E-state index in [1.54, 1.807) is 42.7 Å². The van der Waals surface area contributed by atoms with Crippen molar-refractivity contribution in [2.75, 3.05) is 18.0 Å². The largest absolute Gasteiger partial charge is 0.337 e. The van der Waals surface area contributed by atoms with Gasteiger partial charge in [-0.3, -0.25) is 14.5 Å². The van der Waals surface area contributed by atoms with Crippen LogP contribution in [0.5, 0.6) is 0 Å². The normalized spacial score (nSPS) is 12.9. The summed E-state index contributed by atoms with van der Waals surface area (Å²) >= 11 is 0. The zero-order valence-corrected chi connectivity index (χ0v) is 16.1. The lowest BCUT2D eigenvalue weighted by molar-refractivity contribution is 0.0652. The molecule has 146 valence electrons. The van der Waals surface area contributed by atoms with Crippen molar-refractivity contribution in [1.82, 2.24) is 14.9 Å². The van der Waals surface area contributed by atoms with Crippen molar-refractivity contribution in [3.8, 4) is 0 Å². The topological polar surface area (TPSA) is 66.4 Å². The van der Waals surface area contributed by atoms with Gasteiger partial charge in [0, 0.05) is 32.0 Å². The van der Waals surface area contributed by atoms with E-state index >= 15 is 0 Å². The molecule has 1 aromatic heterocycles. The van der Waals surface area contributed by atoms with E-state index in [-0.39, 0.29) is 11.8 Å². The summed E-state index contributed by atoms with van der Waals surface area (Å²) in [6.45, 7) is 1.86. The Labute approximate surface area is 169 Å². The van der Waals surface area contributed by atoms with E-state index in [1.165, 1.54) is 10.5 Å². The van der Waals surface area contributed by atoms with Gasteiger partial charge in [0.05, 0.1) is 11.1 Å². The summed E-state index contributed by atoms with van der Waals surface area (Å²) in [6.07, 6.45) is 5.01. The van der Waals surface area contributed by atoms with Crippen LogP contribution in [0.4, 0.5) is 5.95 Å². The van der Waals surface area contributed by atoms with Gasteiger partial charge in [-0.25, -0.2) is 9.97 Å². The summed E-state index contributed by atoms with van der Waals surface area (Å²) in [6, 6.07) is 19.0. The SMILES string of the molecule is O=C1c2ccccc2C(=O)N1CCCCN(Cc1ccccc1)c1ncccn1. The fourth-order valence-electron chi connectivity index (χ4n) is 3.52. The number of anilines is 1. The molecule has 0 saturated heterocycles. The molecule has 0 unspecified atom stereocenters. The third-order valence-electron chi connectivity index (χ3n) is 4.99. The van der Waals surface area contributed by atoms with Gasteiger partial charge in [0.2, 0.25) is 5.95 Å². The van der Waals surface area contributed by atoms with Crippen LogP contribution in [-0.2, 0) is 6.54 Å². The molecule has 0 radical (unpaired) electrons. The number of fused-ring (bicyclic) bond motifs is 1. The van der Waals surface area contributed by atoms with Crippen molar-refractivity contribution >= 4 is 17.8 Å². The quantitative estimate of drug-likeness (QED) is 0.437. The lowest BCUT2D eigenvalue weighted by atomic mass is 10.1. The number of nitrogens with zero attached hydrogens (tertiary/aromatic N) is 4. The van der Waals surface area contributed by atoms with Gasteiger partial charge in [-0.05, 0) is 36.6 Å². The Kier molecular flexibility index (Phi) is 5.61. The Hall–Kier alpha value is -3.54. The molecule has 6 nitrogen and oxygen atoms in total. The van der Waals surface area contributed by atoms with E-state index in [0.29, 0.717) is 30.2 Å². The minimum atomic E-state index is -0.196. The van der Waals surface area contributed by atoms with Crippen LogP contribution in [0.2, 0.25) is 0 Å². The number of hydrogen-bond acceptors (Lipinski definition) is 5. The molecule has 1 aliphatic heterocycles. The number of aromatic nitrogens is 2. The van der Waals surface area contributed by atoms with Crippen molar-refractivity contribution in [3.05, 3.63) is 89.7 Å². The smallest absolute Gasteiger partial charge is 0.261 e. The van der Waals surface area contributed by atoms with Crippen molar-refractivity contribution in [2.45, 2.75) is 19.4 Å². The second-order valence-electron chi connectivity index (χ2n) is 6.97. The van der Waals surface area contributed by atoms with Crippen LogP contribution in [-0.4, -0.2) is 39.8 Å². The Morgan fingerprint density at radius 2 is 1.38 bits per heavy atom. The molecule has 29 heavy (non-hydrogen) atoms. The average molecular weight is 386 g/mol. The van der Waals surface area contributed by atoms with Gasteiger partial charge in [0.1, 0.15) is 0 Å². The molecular formula is C23H22N4O2. The maximum Gasteiger partial charge on any atom is 0.261 e. The molecule has 0 aliphatic carbocycles. The molecule has 6 heteroatoms. The number of carbonyl (C=O) groups is 2. The highest BCUT2D eigenvalue weighted by Gasteiger charge is 2.34. The molecule has 0 bridgehead atoms. The van der Waals surface area contributed by atoms with E-state index in [2.05, 4.69) is 27.0 Å². The Bertz CT molecular complexity index is 957. The fraction of sp³-hybridized carbons (Fsp3) is 0.217. The van der Waals surface area contributed by atoms with Gasteiger partial charge in [0.25, 0.3) is 11.8 Å². The first-order valence-corrected chi connectivity index (χ1v) is 9.75. The maximum absolute atomic E-state index is 12.5. The molecular weight excluding hydrogens is 364 g/mol. The Morgan fingerprint density at radius 3 is 2.03 bits per heavy atom. The first-order chi connectivity index (χ1) is 14.2. The highest BCUT2D eigenvalue weighted by molar-refractivity contribution is 6.21. The molecule has 0 fully saturated rings. The summed E-state index contributed by atoms with van der Waals surface area (Å²) in [5.74, 6) is 0.286. The number of imide groups is 1. The molecule has 0 N–H and O–H groups in total. The van der Waals surface area contributed by atoms with Crippen molar-refractivity contribution in [2.24, 2.45) is 0 Å². The Morgan fingerprint density at radius 1 is 0.759 bits per heavy atom. The zero-order chi connectivity index (χ0) is 20.1. The third kappa shape index (κ3) is 4.16. The number of hydrogen-bond donors (Lipinski definition) is 0. The van der Waals surface area contributed by atoms with Crippen molar-refractivity contribution in [1.29, 1.82) is 0 Å². The van der Waals surface area contributed by atoms with Gasteiger partial charge >= 0.3 is 0 Å². The van der Waals surface area contributed by atoms with Crippen molar-refractivity contribution < 1.29 is 9.59 Å². The van der Waals surface area contributed by atoms with Gasteiger partial charge in [-0.1, -0.05) is 42.5 Å². The van der Waals surface area contributed by atoms with Crippen LogP contribution >= 0.6 is 0 Å².